The Morgan fingerprint density at radius 3 is 1.92 bits per heavy atom. The molecule has 13 rings (SSSR count). The zero-order chi connectivity index (χ0) is 55.1. The van der Waals surface area contributed by atoms with Gasteiger partial charge in [0.2, 0.25) is 0 Å². The van der Waals surface area contributed by atoms with E-state index in [4.69, 9.17) is 17.9 Å². The zero-order valence-electron chi connectivity index (χ0n) is 48.4. The summed E-state index contributed by atoms with van der Waals surface area (Å²) in [5.74, 6) is 2.10. The van der Waals surface area contributed by atoms with Gasteiger partial charge in [0, 0.05) is 31.3 Å². The first-order valence-corrected chi connectivity index (χ1v) is 25.4. The Balaban J connectivity index is 1.06. The fraction of sp³-hybridized carbons (Fsp3) is 0.206. The van der Waals surface area contributed by atoms with Crippen LogP contribution in [0.1, 0.15) is 97.3 Å². The molecular formula is C68H60N4O. The SMILES string of the molecule is [2H]C([2H])([2H])c1cccc(C([2H])([2H])[2H])c1-c1cccc2c1-[n+]1[c-]n(-c3cccc(Oc4ccc5c6ccccc6n(-c6cc(C(C)(C)C)ccn6)c5c4)c3)c3cccc(c31)-c1ccccc1-c1cc3c(cc1-2)C(C)(C)CCC3(C)C. The van der Waals surface area contributed by atoms with Gasteiger partial charge < -0.3 is 4.74 Å². The van der Waals surface area contributed by atoms with Crippen molar-refractivity contribution in [1.29, 1.82) is 0 Å². The van der Waals surface area contributed by atoms with Crippen LogP contribution in [0.25, 0.3) is 94.5 Å². The topological polar surface area (TPSA) is 35.9 Å². The van der Waals surface area contributed by atoms with Crippen LogP contribution in [0.3, 0.4) is 0 Å². The summed E-state index contributed by atoms with van der Waals surface area (Å²) in [5, 5.41) is 2.21. The number of nitrogens with zero attached hydrogens (tertiary/aromatic N) is 4. The molecule has 4 heterocycles. The fourth-order valence-corrected chi connectivity index (χ4v) is 11.9. The Morgan fingerprint density at radius 1 is 0.562 bits per heavy atom. The van der Waals surface area contributed by atoms with Crippen molar-refractivity contribution in [3.05, 3.63) is 210 Å². The second-order valence-electron chi connectivity index (χ2n) is 22.4. The Kier molecular flexibility index (Phi) is 8.60. The minimum Gasteiger partial charge on any atom is -0.458 e. The number of hydrogen-bond acceptors (Lipinski definition) is 2. The van der Waals surface area contributed by atoms with E-state index in [9.17, 15) is 0 Å². The normalized spacial score (nSPS) is 16.0. The maximum absolute atomic E-state index is 8.91. The molecular weight excluding hydrogens is 889 g/mol. The molecule has 0 unspecified atom stereocenters. The summed E-state index contributed by atoms with van der Waals surface area (Å²) in [7, 11) is 0. The maximum Gasteiger partial charge on any atom is 0.269 e. The third kappa shape index (κ3) is 7.11. The van der Waals surface area contributed by atoms with Crippen LogP contribution in [0.4, 0.5) is 0 Å². The van der Waals surface area contributed by atoms with Crippen molar-refractivity contribution < 1.29 is 17.5 Å². The van der Waals surface area contributed by atoms with E-state index in [2.05, 4.69) is 173 Å². The molecule has 0 bridgehead atoms. The number of ether oxygens (including phenoxy) is 1. The molecule has 358 valence electrons. The second kappa shape index (κ2) is 16.2. The molecule has 0 saturated heterocycles. The molecule has 8 aromatic carbocycles. The van der Waals surface area contributed by atoms with Gasteiger partial charge >= 0.3 is 0 Å². The van der Waals surface area contributed by atoms with Crippen LogP contribution in [0.5, 0.6) is 11.5 Å². The number of hydrogen-bond donors (Lipinski definition) is 0. The van der Waals surface area contributed by atoms with Crippen LogP contribution in [-0.2, 0) is 16.2 Å². The quantitative estimate of drug-likeness (QED) is 0.127. The highest BCUT2D eigenvalue weighted by Crippen LogP contribution is 2.52. The summed E-state index contributed by atoms with van der Waals surface area (Å²) in [5.41, 5.74) is 14.9. The van der Waals surface area contributed by atoms with Gasteiger partial charge in [0.15, 0.2) is 0 Å². The zero-order valence-corrected chi connectivity index (χ0v) is 42.4. The van der Waals surface area contributed by atoms with E-state index in [0.717, 1.165) is 90.6 Å². The van der Waals surface area contributed by atoms with Gasteiger partial charge in [0.1, 0.15) is 17.3 Å². The van der Waals surface area contributed by atoms with E-state index in [0.29, 0.717) is 22.7 Å². The lowest BCUT2D eigenvalue weighted by Gasteiger charge is -2.42. The highest BCUT2D eigenvalue weighted by Gasteiger charge is 2.39. The van der Waals surface area contributed by atoms with Crippen molar-refractivity contribution in [2.24, 2.45) is 0 Å². The molecule has 0 spiro atoms. The molecule has 1 aliphatic carbocycles. The van der Waals surface area contributed by atoms with Crippen molar-refractivity contribution in [2.75, 3.05) is 0 Å². The van der Waals surface area contributed by atoms with Crippen LogP contribution in [0, 0.1) is 20.0 Å². The molecule has 0 N–H and O–H groups in total. The predicted molar refractivity (Wildman–Crippen MR) is 301 cm³/mol. The van der Waals surface area contributed by atoms with Gasteiger partial charge in [-0.05, 0) is 170 Å². The lowest BCUT2D eigenvalue weighted by Crippen LogP contribution is -2.34. The maximum atomic E-state index is 8.91. The number of rotatable bonds is 5. The molecule has 2 aliphatic rings. The Labute approximate surface area is 437 Å². The van der Waals surface area contributed by atoms with Crippen LogP contribution in [0.2, 0.25) is 0 Å². The first-order chi connectivity index (χ1) is 37.6. The van der Waals surface area contributed by atoms with E-state index in [1.165, 1.54) is 16.7 Å². The van der Waals surface area contributed by atoms with E-state index < -0.39 is 13.7 Å². The lowest BCUT2D eigenvalue weighted by atomic mass is 9.62. The fourth-order valence-electron chi connectivity index (χ4n) is 11.9. The highest BCUT2D eigenvalue weighted by molar-refractivity contribution is 6.09. The molecule has 0 amide bonds. The molecule has 0 radical (unpaired) electrons. The number of aryl methyl sites for hydroxylation is 2. The largest absolute Gasteiger partial charge is 0.458 e. The molecule has 0 atom stereocenters. The van der Waals surface area contributed by atoms with Crippen molar-refractivity contribution in [3.63, 3.8) is 0 Å². The summed E-state index contributed by atoms with van der Waals surface area (Å²) in [6.45, 7) is 10.7. The second-order valence-corrected chi connectivity index (χ2v) is 22.4. The minimum absolute atomic E-state index is 0.0334. The Morgan fingerprint density at radius 2 is 1.16 bits per heavy atom. The van der Waals surface area contributed by atoms with Gasteiger partial charge in [-0.2, -0.15) is 0 Å². The first-order valence-electron chi connectivity index (χ1n) is 28.4. The minimum atomic E-state index is -2.65. The molecule has 11 aromatic rings. The number of para-hydroxylation sites is 3. The van der Waals surface area contributed by atoms with E-state index in [1.54, 1.807) is 18.2 Å². The average molecular weight is 955 g/mol. The third-order valence-electron chi connectivity index (χ3n) is 15.9. The van der Waals surface area contributed by atoms with Crippen LogP contribution in [-0.4, -0.2) is 14.1 Å². The van der Waals surface area contributed by atoms with Gasteiger partial charge in [-0.15, -0.1) is 0 Å². The van der Waals surface area contributed by atoms with E-state index >= 15 is 0 Å². The molecule has 5 heteroatoms. The molecule has 1 aliphatic heterocycles. The lowest BCUT2D eigenvalue weighted by molar-refractivity contribution is -0.570. The Hall–Kier alpha value is -8.02. The molecule has 73 heavy (non-hydrogen) atoms. The predicted octanol–water partition coefficient (Wildman–Crippen LogP) is 17.2. The summed E-state index contributed by atoms with van der Waals surface area (Å²) < 4.78 is 66.7. The van der Waals surface area contributed by atoms with Crippen LogP contribution >= 0.6 is 0 Å². The van der Waals surface area contributed by atoms with Gasteiger partial charge in [-0.25, -0.2) is 4.98 Å². The van der Waals surface area contributed by atoms with Gasteiger partial charge in [0.25, 0.3) is 6.33 Å². The molecule has 0 saturated carbocycles. The van der Waals surface area contributed by atoms with E-state index in [1.807, 2.05) is 53.2 Å². The molecule has 5 nitrogen and oxygen atoms in total. The summed E-state index contributed by atoms with van der Waals surface area (Å²) in [6, 6.07) is 57.0. The van der Waals surface area contributed by atoms with E-state index in [-0.39, 0.29) is 32.9 Å². The van der Waals surface area contributed by atoms with Crippen molar-refractivity contribution >= 4 is 32.8 Å². The number of benzene rings is 8. The molecule has 3 aromatic heterocycles. The summed E-state index contributed by atoms with van der Waals surface area (Å²) >= 11 is 0. The number of aromatic nitrogens is 4. The smallest absolute Gasteiger partial charge is 0.269 e. The highest BCUT2D eigenvalue weighted by atomic mass is 16.5. The number of imidazole rings is 1. The van der Waals surface area contributed by atoms with Crippen LogP contribution < -0.4 is 9.30 Å². The third-order valence-corrected chi connectivity index (χ3v) is 15.9. The van der Waals surface area contributed by atoms with Crippen molar-refractivity contribution in [3.8, 4) is 73.2 Å². The average Bonchev–Trinajstić information content (AvgIpc) is 3.59. The van der Waals surface area contributed by atoms with Gasteiger partial charge in [-0.1, -0.05) is 158 Å². The van der Waals surface area contributed by atoms with Crippen LogP contribution in [0.15, 0.2) is 176 Å². The van der Waals surface area contributed by atoms with Gasteiger partial charge in [-0.3, -0.25) is 13.7 Å². The number of pyridine rings is 1. The monoisotopic (exact) mass is 955 g/mol. The Bertz CT molecular complexity index is 4290. The van der Waals surface area contributed by atoms with Crippen molar-refractivity contribution in [1.82, 2.24) is 14.1 Å². The summed E-state index contributed by atoms with van der Waals surface area (Å²) in [6.07, 6.45) is 7.77. The molecule has 0 fully saturated rings. The van der Waals surface area contributed by atoms with Crippen molar-refractivity contribution in [2.45, 2.75) is 91.3 Å². The first kappa shape index (κ1) is 38.6. The number of fused-ring (bicyclic) bond motifs is 11. The standard InChI is InChI=1S/C68H60N4O/c1-42-18-14-19-43(2)63(42)54-27-16-25-53-56-40-58-57(67(6,7)33-34-68(58,8)9)39-55(56)49-23-11-10-22-48(49)52-26-17-29-60-65(52)71(64(53)54)41-70(60)45-20-15-21-46(37-45)73-47-30-31-51-50-24-12-13-28-59(50)72(61(51)38-47)62-36-44(32-35-69-62)66(3,4)5/h10-32,35-40H,33-34H2,1-9H3/i1D3,2D3. The summed E-state index contributed by atoms with van der Waals surface area (Å²) in [4.78, 5) is 4.90. The van der Waals surface area contributed by atoms with Gasteiger partial charge in [0.05, 0.1) is 33.4 Å².